The first-order valence-corrected chi connectivity index (χ1v) is 8.84. The summed E-state index contributed by atoms with van der Waals surface area (Å²) in [6.45, 7) is 1.64. The molecule has 2 aliphatic rings. The zero-order valence-corrected chi connectivity index (χ0v) is 15.4. The van der Waals surface area contributed by atoms with Gasteiger partial charge >= 0.3 is 12.2 Å². The zero-order chi connectivity index (χ0) is 20.8. The summed E-state index contributed by atoms with van der Waals surface area (Å²) >= 11 is 0. The highest BCUT2D eigenvalue weighted by Crippen LogP contribution is 2.34. The summed E-state index contributed by atoms with van der Waals surface area (Å²) in [7, 11) is 0. The Morgan fingerprint density at radius 3 is 2.38 bits per heavy atom. The summed E-state index contributed by atoms with van der Waals surface area (Å²) in [5, 5.41) is 2.69. The number of halogens is 3. The Kier molecular flexibility index (Phi) is 4.40. The first-order valence-electron chi connectivity index (χ1n) is 8.84. The number of alkyl halides is 3. The van der Waals surface area contributed by atoms with Gasteiger partial charge in [-0.3, -0.25) is 9.69 Å². The van der Waals surface area contributed by atoms with Crippen molar-refractivity contribution < 1.29 is 32.2 Å². The fourth-order valence-corrected chi connectivity index (χ4v) is 3.45. The monoisotopic (exact) mass is 406 g/mol. The summed E-state index contributed by atoms with van der Waals surface area (Å²) in [4.78, 5) is 26.3. The topological polar surface area (TPSA) is 67.9 Å². The van der Waals surface area contributed by atoms with Crippen LogP contribution < -0.4 is 14.8 Å². The Balaban J connectivity index is 1.49. The van der Waals surface area contributed by atoms with E-state index in [1.165, 1.54) is 12.1 Å². The number of hydrogen-bond acceptors (Lipinski definition) is 4. The van der Waals surface area contributed by atoms with Gasteiger partial charge in [-0.1, -0.05) is 18.2 Å². The summed E-state index contributed by atoms with van der Waals surface area (Å²) in [6.07, 6.45) is -4.21. The standard InChI is InChI=1S/C20H17F3N2O4/c1-19(9-13-4-7-15-16(8-13)29-11-28-15)17(26)25(18(27)24-19)10-12-2-5-14(6-3-12)20(21,22)23/h2-8H,9-11H2,1H3,(H,24,27)/t19-/m1/s1. The van der Waals surface area contributed by atoms with E-state index < -0.39 is 29.2 Å². The molecule has 1 fully saturated rings. The van der Waals surface area contributed by atoms with Gasteiger partial charge in [0, 0.05) is 6.42 Å². The Hall–Kier alpha value is -3.23. The first kappa shape index (κ1) is 19.1. The number of benzene rings is 2. The number of carbonyl (C=O) groups excluding carboxylic acids is 2. The third kappa shape index (κ3) is 3.59. The summed E-state index contributed by atoms with van der Waals surface area (Å²) in [6, 6.07) is 9.08. The van der Waals surface area contributed by atoms with E-state index in [1.54, 1.807) is 25.1 Å². The largest absolute Gasteiger partial charge is 0.454 e. The molecular formula is C20H17F3N2O4. The number of imide groups is 1. The van der Waals surface area contributed by atoms with E-state index in [1.807, 2.05) is 0 Å². The lowest BCUT2D eigenvalue weighted by Gasteiger charge is -2.22. The summed E-state index contributed by atoms with van der Waals surface area (Å²) in [5.74, 6) is 0.745. The van der Waals surface area contributed by atoms with Gasteiger partial charge in [0.2, 0.25) is 6.79 Å². The molecule has 9 heteroatoms. The molecule has 0 aromatic heterocycles. The van der Waals surface area contributed by atoms with Crippen LogP contribution in [0.1, 0.15) is 23.6 Å². The van der Waals surface area contributed by atoms with Crippen LogP contribution in [0, 0.1) is 0 Å². The first-order chi connectivity index (χ1) is 13.7. The van der Waals surface area contributed by atoms with Crippen molar-refractivity contribution in [3.8, 4) is 11.5 Å². The molecule has 0 spiro atoms. The number of amides is 3. The van der Waals surface area contributed by atoms with E-state index in [4.69, 9.17) is 9.47 Å². The van der Waals surface area contributed by atoms with Crippen LogP contribution in [0.15, 0.2) is 42.5 Å². The molecule has 0 saturated carbocycles. The second kappa shape index (κ2) is 6.68. The highest BCUT2D eigenvalue weighted by atomic mass is 19.4. The Morgan fingerprint density at radius 2 is 1.69 bits per heavy atom. The van der Waals surface area contributed by atoms with Gasteiger partial charge in [0.05, 0.1) is 12.1 Å². The number of fused-ring (bicyclic) bond motifs is 1. The van der Waals surface area contributed by atoms with Crippen molar-refractivity contribution in [2.75, 3.05) is 6.79 Å². The predicted octanol–water partition coefficient (Wildman–Crippen LogP) is 3.49. The average Bonchev–Trinajstić information content (AvgIpc) is 3.19. The fourth-order valence-electron chi connectivity index (χ4n) is 3.45. The van der Waals surface area contributed by atoms with Crippen LogP contribution in [0.4, 0.5) is 18.0 Å². The van der Waals surface area contributed by atoms with E-state index in [-0.39, 0.29) is 19.8 Å². The summed E-state index contributed by atoms with van der Waals surface area (Å²) in [5.41, 5.74) is -0.752. The highest BCUT2D eigenvalue weighted by Gasteiger charge is 2.47. The number of urea groups is 1. The lowest BCUT2D eigenvalue weighted by Crippen LogP contribution is -2.45. The van der Waals surface area contributed by atoms with Gasteiger partial charge in [0.15, 0.2) is 11.5 Å². The van der Waals surface area contributed by atoms with Gasteiger partial charge in [-0.05, 0) is 42.3 Å². The number of hydrogen-bond donors (Lipinski definition) is 1. The van der Waals surface area contributed by atoms with Crippen molar-refractivity contribution in [1.82, 2.24) is 10.2 Å². The molecule has 6 nitrogen and oxygen atoms in total. The van der Waals surface area contributed by atoms with Crippen LogP contribution >= 0.6 is 0 Å². The molecule has 2 heterocycles. The Bertz CT molecular complexity index is 975. The molecule has 1 N–H and O–H groups in total. The molecule has 1 atom stereocenters. The quantitative estimate of drug-likeness (QED) is 0.790. The van der Waals surface area contributed by atoms with Gasteiger partial charge in [0.1, 0.15) is 5.54 Å². The number of carbonyl (C=O) groups is 2. The molecule has 2 aromatic carbocycles. The van der Waals surface area contributed by atoms with Crippen molar-refractivity contribution in [3.05, 3.63) is 59.2 Å². The van der Waals surface area contributed by atoms with Gasteiger partial charge in [-0.2, -0.15) is 13.2 Å². The van der Waals surface area contributed by atoms with E-state index in [2.05, 4.69) is 5.32 Å². The maximum atomic E-state index is 12.9. The molecular weight excluding hydrogens is 389 g/mol. The molecule has 0 bridgehead atoms. The number of ether oxygens (including phenoxy) is 2. The van der Waals surface area contributed by atoms with Gasteiger partial charge in [-0.25, -0.2) is 4.79 Å². The van der Waals surface area contributed by atoms with Crippen LogP contribution in [0.5, 0.6) is 11.5 Å². The predicted molar refractivity (Wildman–Crippen MR) is 95.2 cm³/mol. The fraction of sp³-hybridized carbons (Fsp3) is 0.300. The minimum Gasteiger partial charge on any atom is -0.454 e. The second-order valence-electron chi connectivity index (χ2n) is 7.21. The van der Waals surface area contributed by atoms with Crippen LogP contribution in [0.3, 0.4) is 0 Å². The Morgan fingerprint density at radius 1 is 1.03 bits per heavy atom. The van der Waals surface area contributed by atoms with E-state index in [0.29, 0.717) is 17.1 Å². The summed E-state index contributed by atoms with van der Waals surface area (Å²) < 4.78 is 48.7. The highest BCUT2D eigenvalue weighted by molar-refractivity contribution is 6.06. The molecule has 1 saturated heterocycles. The SMILES string of the molecule is C[C@]1(Cc2ccc3c(c2)OCO3)NC(=O)N(Cc2ccc(C(F)(F)F)cc2)C1=O. The average molecular weight is 406 g/mol. The smallest absolute Gasteiger partial charge is 0.416 e. The van der Waals surface area contributed by atoms with Crippen molar-refractivity contribution in [3.63, 3.8) is 0 Å². The molecule has 152 valence electrons. The molecule has 29 heavy (non-hydrogen) atoms. The van der Waals surface area contributed by atoms with Crippen LogP contribution in [0.25, 0.3) is 0 Å². The van der Waals surface area contributed by atoms with Crippen molar-refractivity contribution in [2.45, 2.75) is 31.6 Å². The maximum Gasteiger partial charge on any atom is 0.416 e. The molecule has 0 radical (unpaired) electrons. The van der Waals surface area contributed by atoms with Crippen LogP contribution in [0.2, 0.25) is 0 Å². The third-order valence-electron chi connectivity index (χ3n) is 4.96. The normalized spacial score (nSPS) is 20.9. The second-order valence-corrected chi connectivity index (χ2v) is 7.21. The van der Waals surface area contributed by atoms with Crippen LogP contribution in [-0.4, -0.2) is 29.2 Å². The molecule has 2 aromatic rings. The Labute approximate surface area is 164 Å². The lowest BCUT2D eigenvalue weighted by molar-refractivity contribution is -0.137. The zero-order valence-electron chi connectivity index (χ0n) is 15.4. The number of nitrogens with zero attached hydrogens (tertiary/aromatic N) is 1. The van der Waals surface area contributed by atoms with Crippen molar-refractivity contribution >= 4 is 11.9 Å². The number of nitrogens with one attached hydrogen (secondary N) is 1. The van der Waals surface area contributed by atoms with Gasteiger partial charge in [-0.15, -0.1) is 0 Å². The lowest BCUT2D eigenvalue weighted by atomic mass is 9.92. The van der Waals surface area contributed by atoms with E-state index >= 15 is 0 Å². The molecule has 2 aliphatic heterocycles. The van der Waals surface area contributed by atoms with Gasteiger partial charge < -0.3 is 14.8 Å². The van der Waals surface area contributed by atoms with E-state index in [9.17, 15) is 22.8 Å². The number of rotatable bonds is 4. The molecule has 3 amide bonds. The third-order valence-corrected chi connectivity index (χ3v) is 4.96. The molecule has 0 unspecified atom stereocenters. The maximum absolute atomic E-state index is 12.9. The van der Waals surface area contributed by atoms with E-state index in [0.717, 1.165) is 22.6 Å². The van der Waals surface area contributed by atoms with Crippen LogP contribution in [-0.2, 0) is 23.9 Å². The molecule has 0 aliphatic carbocycles. The van der Waals surface area contributed by atoms with Crippen molar-refractivity contribution in [2.24, 2.45) is 0 Å². The van der Waals surface area contributed by atoms with Gasteiger partial charge in [0.25, 0.3) is 5.91 Å². The minimum absolute atomic E-state index is 0.112. The minimum atomic E-state index is -4.44. The van der Waals surface area contributed by atoms with Crippen molar-refractivity contribution in [1.29, 1.82) is 0 Å². The molecule has 4 rings (SSSR count).